The van der Waals surface area contributed by atoms with E-state index in [2.05, 4.69) is 56.1 Å². The van der Waals surface area contributed by atoms with Crippen molar-refractivity contribution in [3.8, 4) is 0 Å². The summed E-state index contributed by atoms with van der Waals surface area (Å²) in [6, 6.07) is 16.4. The van der Waals surface area contributed by atoms with Gasteiger partial charge in [0.2, 0.25) is 0 Å². The minimum atomic E-state index is -2.92. The zero-order valence-corrected chi connectivity index (χ0v) is 18.2. The van der Waals surface area contributed by atoms with E-state index in [-0.39, 0.29) is 0 Å². The molecule has 0 amide bonds. The molecule has 0 bridgehead atoms. The van der Waals surface area contributed by atoms with Crippen LogP contribution in [0.4, 0.5) is 0 Å². The Morgan fingerprint density at radius 1 is 0.600 bits per heavy atom. The first-order chi connectivity index (χ1) is 11.9. The molecule has 25 heavy (non-hydrogen) atoms. The van der Waals surface area contributed by atoms with Gasteiger partial charge < -0.3 is 0 Å². The van der Waals surface area contributed by atoms with Gasteiger partial charge >= 0.3 is 0 Å². The van der Waals surface area contributed by atoms with E-state index in [0.29, 0.717) is 11.5 Å². The van der Waals surface area contributed by atoms with Crippen LogP contribution >= 0.6 is 31.9 Å². The lowest BCUT2D eigenvalue weighted by atomic mass is 10.1. The van der Waals surface area contributed by atoms with Gasteiger partial charge in [-0.05, 0) is 73.9 Å². The third-order valence-electron chi connectivity index (χ3n) is 4.17. The molecule has 2 nitrogen and oxygen atoms in total. The maximum atomic E-state index is 12.1. The third-order valence-corrected chi connectivity index (χ3v) is 7.05. The lowest BCUT2D eigenvalue weighted by molar-refractivity contribution is 0.587. The van der Waals surface area contributed by atoms with E-state index in [0.717, 1.165) is 47.5 Å². The van der Waals surface area contributed by atoms with E-state index in [1.165, 1.54) is 11.1 Å². The van der Waals surface area contributed by atoms with E-state index < -0.39 is 9.84 Å². The van der Waals surface area contributed by atoms with Crippen molar-refractivity contribution in [2.24, 2.45) is 0 Å². The zero-order chi connectivity index (χ0) is 18.1. The summed E-state index contributed by atoms with van der Waals surface area (Å²) in [6.45, 7) is 0. The highest BCUT2D eigenvalue weighted by atomic mass is 79.9. The normalized spacial score (nSPS) is 11.6. The number of hydrogen-bond donors (Lipinski definition) is 0. The molecule has 0 spiro atoms. The maximum Gasteiger partial charge on any atom is 0.150 e. The van der Waals surface area contributed by atoms with Gasteiger partial charge in [-0.2, -0.15) is 0 Å². The number of unbranched alkanes of at least 4 members (excludes halogenated alkanes) is 2. The molecule has 0 fully saturated rings. The monoisotopic (exact) mass is 486 g/mol. The Labute approximate surface area is 168 Å². The van der Waals surface area contributed by atoms with E-state index in [1.807, 2.05) is 24.3 Å². The highest BCUT2D eigenvalue weighted by Crippen LogP contribution is 2.14. The number of rotatable bonds is 10. The highest BCUT2D eigenvalue weighted by molar-refractivity contribution is 9.10. The fourth-order valence-corrected chi connectivity index (χ4v) is 4.73. The molecule has 2 rings (SSSR count). The molecule has 2 aromatic rings. The van der Waals surface area contributed by atoms with Gasteiger partial charge in [-0.25, -0.2) is 8.42 Å². The average Bonchev–Trinajstić information content (AvgIpc) is 2.59. The van der Waals surface area contributed by atoms with Crippen molar-refractivity contribution < 1.29 is 8.42 Å². The van der Waals surface area contributed by atoms with Gasteiger partial charge in [0, 0.05) is 8.95 Å². The summed E-state index contributed by atoms with van der Waals surface area (Å²) in [4.78, 5) is 0. The predicted molar refractivity (Wildman–Crippen MR) is 113 cm³/mol. The Kier molecular flexibility index (Phi) is 8.67. The molecule has 0 N–H and O–H groups in total. The molecule has 0 aliphatic rings. The van der Waals surface area contributed by atoms with Crippen LogP contribution in [-0.2, 0) is 22.7 Å². The minimum Gasteiger partial charge on any atom is -0.229 e. The van der Waals surface area contributed by atoms with Crippen LogP contribution in [-0.4, -0.2) is 19.9 Å². The summed E-state index contributed by atoms with van der Waals surface area (Å²) >= 11 is 6.84. The molecular weight excluding hydrogens is 464 g/mol. The van der Waals surface area contributed by atoms with Crippen LogP contribution < -0.4 is 0 Å². The fraction of sp³-hybridized carbons (Fsp3) is 0.400. The van der Waals surface area contributed by atoms with Crippen LogP contribution in [0.5, 0.6) is 0 Å². The van der Waals surface area contributed by atoms with E-state index >= 15 is 0 Å². The summed E-state index contributed by atoms with van der Waals surface area (Å²) in [6.07, 6.45) is 5.19. The number of hydrogen-bond acceptors (Lipinski definition) is 2. The Morgan fingerprint density at radius 3 is 1.32 bits per heavy atom. The SMILES string of the molecule is O=S(=O)(CCCCc1ccc(Br)cc1)CCCCc1ccc(Br)cc1. The number of aryl methyl sites for hydroxylation is 2. The summed E-state index contributed by atoms with van der Waals surface area (Å²) in [5.74, 6) is 0.615. The summed E-state index contributed by atoms with van der Waals surface area (Å²) in [5.41, 5.74) is 2.52. The third kappa shape index (κ3) is 8.52. The van der Waals surface area contributed by atoms with Gasteiger partial charge in [0.05, 0.1) is 11.5 Å². The van der Waals surface area contributed by atoms with Crippen LogP contribution in [0.25, 0.3) is 0 Å². The van der Waals surface area contributed by atoms with Crippen molar-refractivity contribution in [3.05, 3.63) is 68.6 Å². The highest BCUT2D eigenvalue weighted by Gasteiger charge is 2.10. The number of sulfone groups is 1. The van der Waals surface area contributed by atoms with Gasteiger partial charge in [-0.3, -0.25) is 0 Å². The first-order valence-electron chi connectivity index (χ1n) is 8.64. The minimum absolute atomic E-state index is 0.307. The Balaban J connectivity index is 1.60. The van der Waals surface area contributed by atoms with Crippen molar-refractivity contribution in [1.82, 2.24) is 0 Å². The van der Waals surface area contributed by atoms with Crippen LogP contribution in [0.2, 0.25) is 0 Å². The maximum absolute atomic E-state index is 12.1. The Morgan fingerprint density at radius 2 is 0.960 bits per heavy atom. The summed E-state index contributed by atoms with van der Waals surface area (Å²) < 4.78 is 26.4. The van der Waals surface area contributed by atoms with E-state index in [9.17, 15) is 8.42 Å². The first kappa shape index (κ1) is 20.7. The molecular formula is C20H24Br2O2S. The molecule has 0 atom stereocenters. The Hall–Kier alpha value is -0.650. The standard InChI is InChI=1S/C20H24Br2O2S/c21-19-11-7-17(8-12-19)5-1-3-15-25(23,24)16-4-2-6-18-9-13-20(22)14-10-18/h7-14H,1-6,15-16H2. The number of benzene rings is 2. The lowest BCUT2D eigenvalue weighted by Gasteiger charge is -2.06. The van der Waals surface area contributed by atoms with Crippen LogP contribution in [0, 0.1) is 0 Å². The van der Waals surface area contributed by atoms with Gasteiger partial charge in [-0.1, -0.05) is 56.1 Å². The molecule has 0 aliphatic carbocycles. The predicted octanol–water partition coefficient (Wildman–Crippen LogP) is 5.97. The molecule has 0 saturated carbocycles. The largest absolute Gasteiger partial charge is 0.229 e. The fourth-order valence-electron chi connectivity index (χ4n) is 2.71. The lowest BCUT2D eigenvalue weighted by Crippen LogP contribution is -2.11. The van der Waals surface area contributed by atoms with Gasteiger partial charge in [-0.15, -0.1) is 0 Å². The van der Waals surface area contributed by atoms with Crippen LogP contribution in [0.1, 0.15) is 36.8 Å². The van der Waals surface area contributed by atoms with Gasteiger partial charge in [0.1, 0.15) is 9.84 Å². The van der Waals surface area contributed by atoms with E-state index in [1.54, 1.807) is 0 Å². The Bertz CT molecular complexity index is 679. The van der Waals surface area contributed by atoms with Crippen LogP contribution in [0.3, 0.4) is 0 Å². The molecule has 5 heteroatoms. The second-order valence-corrected chi connectivity index (χ2v) is 10.5. The molecule has 0 aliphatic heterocycles. The molecule has 0 saturated heterocycles. The summed E-state index contributed by atoms with van der Waals surface area (Å²) in [5, 5.41) is 0. The average molecular weight is 488 g/mol. The van der Waals surface area contributed by atoms with Crippen molar-refractivity contribution in [3.63, 3.8) is 0 Å². The zero-order valence-electron chi connectivity index (χ0n) is 14.3. The van der Waals surface area contributed by atoms with Crippen molar-refractivity contribution >= 4 is 41.7 Å². The summed E-state index contributed by atoms with van der Waals surface area (Å²) in [7, 11) is -2.92. The molecule has 0 unspecified atom stereocenters. The smallest absolute Gasteiger partial charge is 0.150 e. The second kappa shape index (κ2) is 10.5. The quantitative estimate of drug-likeness (QED) is 0.386. The van der Waals surface area contributed by atoms with Gasteiger partial charge in [0.15, 0.2) is 0 Å². The molecule has 0 radical (unpaired) electrons. The van der Waals surface area contributed by atoms with Crippen LogP contribution in [0.15, 0.2) is 57.5 Å². The topological polar surface area (TPSA) is 34.1 Å². The number of halogens is 2. The molecule has 0 aromatic heterocycles. The van der Waals surface area contributed by atoms with Gasteiger partial charge in [0.25, 0.3) is 0 Å². The van der Waals surface area contributed by atoms with Crippen molar-refractivity contribution in [2.75, 3.05) is 11.5 Å². The van der Waals surface area contributed by atoms with E-state index in [4.69, 9.17) is 0 Å². The molecule has 2 aromatic carbocycles. The second-order valence-electron chi connectivity index (χ2n) is 6.32. The molecule has 136 valence electrons. The molecule has 0 heterocycles. The van der Waals surface area contributed by atoms with Crippen molar-refractivity contribution in [2.45, 2.75) is 38.5 Å². The van der Waals surface area contributed by atoms with Crippen molar-refractivity contribution in [1.29, 1.82) is 0 Å². The first-order valence-corrected chi connectivity index (χ1v) is 12.0.